The molecule has 0 bridgehead atoms. The predicted octanol–water partition coefficient (Wildman–Crippen LogP) is 1.78. The van der Waals surface area contributed by atoms with Gasteiger partial charge in [-0.15, -0.1) is 0 Å². The molecule has 0 radical (unpaired) electrons. The Morgan fingerprint density at radius 3 is 2.92 bits per heavy atom. The van der Waals surface area contributed by atoms with Gasteiger partial charge in [0.05, 0.1) is 7.11 Å². The lowest BCUT2D eigenvalue weighted by Crippen LogP contribution is -2.48. The predicted molar refractivity (Wildman–Crippen MR) is 92.8 cm³/mol. The quantitative estimate of drug-likeness (QED) is 0.898. The van der Waals surface area contributed by atoms with Crippen molar-refractivity contribution in [3.05, 3.63) is 58.5 Å². The molecule has 1 amide bonds. The van der Waals surface area contributed by atoms with E-state index in [4.69, 9.17) is 4.74 Å². The summed E-state index contributed by atoms with van der Waals surface area (Å²) in [5.41, 5.74) is 1.10. The van der Waals surface area contributed by atoms with Gasteiger partial charge in [0.2, 0.25) is 5.56 Å². The molecule has 2 aromatic rings. The van der Waals surface area contributed by atoms with E-state index < -0.39 is 0 Å². The number of nitrogens with zero attached hydrogens (tertiary/aromatic N) is 1. The number of amides is 1. The van der Waals surface area contributed by atoms with E-state index in [2.05, 4.69) is 15.2 Å². The van der Waals surface area contributed by atoms with Gasteiger partial charge >= 0.3 is 0 Å². The van der Waals surface area contributed by atoms with E-state index in [0.29, 0.717) is 5.69 Å². The van der Waals surface area contributed by atoms with Crippen molar-refractivity contribution in [2.75, 3.05) is 25.1 Å². The van der Waals surface area contributed by atoms with Crippen LogP contribution in [-0.4, -0.2) is 37.1 Å². The van der Waals surface area contributed by atoms with Crippen molar-refractivity contribution in [2.45, 2.75) is 18.9 Å². The highest BCUT2D eigenvalue weighted by Gasteiger charge is 2.22. The third kappa shape index (κ3) is 3.76. The highest BCUT2D eigenvalue weighted by molar-refractivity contribution is 5.92. The van der Waals surface area contributed by atoms with E-state index in [1.807, 2.05) is 24.3 Å². The molecule has 126 valence electrons. The molecule has 1 aromatic heterocycles. The standard InChI is InChI=1S/C18H21N3O3/c1-24-15-7-2-6-14(11-15)21-10-4-5-13(12-21)19-18(23)16-8-3-9-17(22)20-16/h2-3,6-9,11,13H,4-5,10,12H2,1H3,(H,19,23)(H,20,22)/t13-/m0/s1. The van der Waals surface area contributed by atoms with Gasteiger partial charge in [0, 0.05) is 37.0 Å². The summed E-state index contributed by atoms with van der Waals surface area (Å²) in [5.74, 6) is 0.575. The molecule has 3 rings (SSSR count). The minimum absolute atomic E-state index is 0.0427. The summed E-state index contributed by atoms with van der Waals surface area (Å²) in [5, 5.41) is 3.01. The number of hydrogen-bond acceptors (Lipinski definition) is 4. The molecule has 1 aliphatic heterocycles. The number of piperidine rings is 1. The second kappa shape index (κ2) is 7.21. The summed E-state index contributed by atoms with van der Waals surface area (Å²) < 4.78 is 5.28. The van der Waals surface area contributed by atoms with Crippen molar-refractivity contribution < 1.29 is 9.53 Å². The minimum atomic E-state index is -0.274. The molecule has 6 nitrogen and oxygen atoms in total. The molecule has 0 aliphatic carbocycles. The van der Waals surface area contributed by atoms with Gasteiger partial charge in [-0.05, 0) is 31.0 Å². The molecule has 24 heavy (non-hydrogen) atoms. The molecule has 2 heterocycles. The normalized spacial score (nSPS) is 17.4. The number of rotatable bonds is 4. The van der Waals surface area contributed by atoms with Crippen LogP contribution < -0.4 is 20.5 Å². The number of nitrogens with one attached hydrogen (secondary N) is 2. The van der Waals surface area contributed by atoms with Crippen molar-refractivity contribution in [2.24, 2.45) is 0 Å². The van der Waals surface area contributed by atoms with Crippen LogP contribution in [0.5, 0.6) is 5.75 Å². The van der Waals surface area contributed by atoms with Crippen LogP contribution in [0.15, 0.2) is 47.3 Å². The first-order valence-electron chi connectivity index (χ1n) is 8.05. The monoisotopic (exact) mass is 327 g/mol. The van der Waals surface area contributed by atoms with Gasteiger partial charge in [-0.3, -0.25) is 9.59 Å². The van der Waals surface area contributed by atoms with Crippen molar-refractivity contribution in [1.82, 2.24) is 10.3 Å². The van der Waals surface area contributed by atoms with Crippen LogP contribution in [-0.2, 0) is 0 Å². The Labute approximate surface area is 140 Å². The third-order valence-corrected chi connectivity index (χ3v) is 4.19. The van der Waals surface area contributed by atoms with Gasteiger partial charge in [-0.1, -0.05) is 12.1 Å². The number of pyridine rings is 1. The van der Waals surface area contributed by atoms with Crippen LogP contribution in [0.25, 0.3) is 0 Å². The summed E-state index contributed by atoms with van der Waals surface area (Å²) in [6.07, 6.45) is 1.91. The van der Waals surface area contributed by atoms with Crippen molar-refractivity contribution >= 4 is 11.6 Å². The first-order valence-corrected chi connectivity index (χ1v) is 8.05. The first kappa shape index (κ1) is 16.1. The fourth-order valence-electron chi connectivity index (χ4n) is 2.98. The summed E-state index contributed by atoms with van der Waals surface area (Å²) >= 11 is 0. The molecule has 1 aromatic carbocycles. The van der Waals surface area contributed by atoms with Gasteiger partial charge in [0.15, 0.2) is 0 Å². The summed E-state index contributed by atoms with van der Waals surface area (Å²) in [6.45, 7) is 1.68. The maximum atomic E-state index is 12.3. The van der Waals surface area contributed by atoms with E-state index in [0.717, 1.165) is 37.4 Å². The minimum Gasteiger partial charge on any atom is -0.497 e. The van der Waals surface area contributed by atoms with E-state index in [1.54, 1.807) is 19.2 Å². The van der Waals surface area contributed by atoms with Gasteiger partial charge < -0.3 is 19.9 Å². The van der Waals surface area contributed by atoms with Crippen molar-refractivity contribution in [3.63, 3.8) is 0 Å². The number of aromatic amines is 1. The molecular weight excluding hydrogens is 306 g/mol. The molecule has 1 fully saturated rings. The van der Waals surface area contributed by atoms with Crippen LogP contribution in [0.2, 0.25) is 0 Å². The molecule has 6 heteroatoms. The molecule has 0 spiro atoms. The average molecular weight is 327 g/mol. The molecule has 0 unspecified atom stereocenters. The van der Waals surface area contributed by atoms with E-state index >= 15 is 0 Å². The van der Waals surface area contributed by atoms with Crippen LogP contribution in [0.3, 0.4) is 0 Å². The number of carbonyl (C=O) groups excluding carboxylic acids is 1. The molecule has 1 atom stereocenters. The second-order valence-corrected chi connectivity index (χ2v) is 5.89. The molecular formula is C18H21N3O3. The Hall–Kier alpha value is -2.76. The number of anilines is 1. The molecule has 1 saturated heterocycles. The zero-order valence-electron chi connectivity index (χ0n) is 13.6. The van der Waals surface area contributed by atoms with Gasteiger partial charge in [-0.25, -0.2) is 0 Å². The van der Waals surface area contributed by atoms with Crippen molar-refractivity contribution in [1.29, 1.82) is 0 Å². The lowest BCUT2D eigenvalue weighted by atomic mass is 10.0. The van der Waals surface area contributed by atoms with Gasteiger partial charge in [0.1, 0.15) is 11.4 Å². The van der Waals surface area contributed by atoms with Crippen molar-refractivity contribution in [3.8, 4) is 5.75 Å². The topological polar surface area (TPSA) is 74.4 Å². The Bertz CT molecular complexity index is 772. The van der Waals surface area contributed by atoms with E-state index in [9.17, 15) is 9.59 Å². The summed E-state index contributed by atoms with van der Waals surface area (Å²) in [6, 6.07) is 12.5. The first-order chi connectivity index (χ1) is 11.7. The largest absolute Gasteiger partial charge is 0.497 e. The zero-order chi connectivity index (χ0) is 16.9. The number of ether oxygens (including phenoxy) is 1. The molecule has 1 aliphatic rings. The Morgan fingerprint density at radius 2 is 2.12 bits per heavy atom. The van der Waals surface area contributed by atoms with E-state index in [-0.39, 0.29) is 17.5 Å². The second-order valence-electron chi connectivity index (χ2n) is 5.89. The van der Waals surface area contributed by atoms with Gasteiger partial charge in [-0.2, -0.15) is 0 Å². The fraction of sp³-hybridized carbons (Fsp3) is 0.333. The highest BCUT2D eigenvalue weighted by atomic mass is 16.5. The number of benzene rings is 1. The maximum absolute atomic E-state index is 12.3. The molecule has 2 N–H and O–H groups in total. The highest BCUT2D eigenvalue weighted by Crippen LogP contribution is 2.24. The Morgan fingerprint density at radius 1 is 1.29 bits per heavy atom. The molecule has 0 saturated carbocycles. The van der Waals surface area contributed by atoms with Gasteiger partial charge in [0.25, 0.3) is 5.91 Å². The smallest absolute Gasteiger partial charge is 0.268 e. The lowest BCUT2D eigenvalue weighted by molar-refractivity contribution is 0.0928. The van der Waals surface area contributed by atoms with Crippen LogP contribution in [0.1, 0.15) is 23.3 Å². The Kier molecular flexibility index (Phi) is 4.84. The SMILES string of the molecule is COc1cccc(N2CCC[C@H](NC(=O)c3cccc(=O)[nH]3)C2)c1. The number of hydrogen-bond donors (Lipinski definition) is 2. The summed E-state index contributed by atoms with van der Waals surface area (Å²) in [4.78, 5) is 28.4. The average Bonchev–Trinajstić information content (AvgIpc) is 2.62. The zero-order valence-corrected chi connectivity index (χ0v) is 13.6. The third-order valence-electron chi connectivity index (χ3n) is 4.19. The number of H-pyrrole nitrogens is 1. The number of methoxy groups -OCH3 is 1. The van der Waals surface area contributed by atoms with E-state index in [1.165, 1.54) is 6.07 Å². The van der Waals surface area contributed by atoms with Crippen LogP contribution in [0, 0.1) is 0 Å². The fourth-order valence-corrected chi connectivity index (χ4v) is 2.98. The number of carbonyl (C=O) groups is 1. The van der Waals surface area contributed by atoms with Crippen LogP contribution >= 0.6 is 0 Å². The maximum Gasteiger partial charge on any atom is 0.268 e. The van der Waals surface area contributed by atoms with Crippen LogP contribution in [0.4, 0.5) is 5.69 Å². The lowest BCUT2D eigenvalue weighted by Gasteiger charge is -2.34. The summed E-state index contributed by atoms with van der Waals surface area (Å²) in [7, 11) is 1.65. The Balaban J connectivity index is 1.67. The number of aromatic nitrogens is 1.